The summed E-state index contributed by atoms with van der Waals surface area (Å²) >= 11 is 3.43. The van der Waals surface area contributed by atoms with E-state index in [9.17, 15) is 4.79 Å². The number of hydrogen-bond donors (Lipinski definition) is 1. The Labute approximate surface area is 109 Å². The van der Waals surface area contributed by atoms with Gasteiger partial charge >= 0.3 is 0 Å². The van der Waals surface area contributed by atoms with Gasteiger partial charge in [0.25, 0.3) is 0 Å². The standard InChI is InChI=1S/C13H15BrN2O/c1-3-9-5-13(17)16(7-9)12-4-8(2)10(14)6-11(12)15/h3-4,6,9H,1,5,7,15H2,2H3. The first kappa shape index (κ1) is 12.2. The Morgan fingerprint density at radius 1 is 1.59 bits per heavy atom. The first-order valence-corrected chi connectivity index (χ1v) is 6.30. The molecule has 1 aromatic rings. The summed E-state index contributed by atoms with van der Waals surface area (Å²) < 4.78 is 0.964. The number of anilines is 2. The van der Waals surface area contributed by atoms with Crippen LogP contribution in [0.2, 0.25) is 0 Å². The Hall–Kier alpha value is -1.29. The second-order valence-corrected chi connectivity index (χ2v) is 5.22. The Morgan fingerprint density at radius 2 is 2.29 bits per heavy atom. The number of halogens is 1. The molecule has 2 N–H and O–H groups in total. The van der Waals surface area contributed by atoms with Crippen LogP contribution in [0.3, 0.4) is 0 Å². The molecule has 0 radical (unpaired) electrons. The first-order chi connectivity index (χ1) is 8.02. The van der Waals surface area contributed by atoms with Gasteiger partial charge in [0.05, 0.1) is 11.4 Å². The number of nitrogens with zero attached hydrogens (tertiary/aromatic N) is 1. The third-order valence-corrected chi connectivity index (χ3v) is 3.94. The molecule has 1 heterocycles. The Bertz CT molecular complexity index is 485. The van der Waals surface area contributed by atoms with Crippen molar-refractivity contribution in [1.29, 1.82) is 0 Å². The van der Waals surface area contributed by atoms with Crippen molar-refractivity contribution < 1.29 is 4.79 Å². The van der Waals surface area contributed by atoms with Crippen molar-refractivity contribution in [2.75, 3.05) is 17.2 Å². The maximum absolute atomic E-state index is 11.9. The highest BCUT2D eigenvalue weighted by Gasteiger charge is 2.29. The third kappa shape index (κ3) is 2.22. The van der Waals surface area contributed by atoms with Gasteiger partial charge in [-0.15, -0.1) is 6.58 Å². The number of nitrogens with two attached hydrogens (primary N) is 1. The monoisotopic (exact) mass is 294 g/mol. The van der Waals surface area contributed by atoms with E-state index < -0.39 is 0 Å². The van der Waals surface area contributed by atoms with Crippen LogP contribution in [0.15, 0.2) is 29.3 Å². The number of carbonyl (C=O) groups excluding carboxylic acids is 1. The van der Waals surface area contributed by atoms with Gasteiger partial charge in [0.1, 0.15) is 0 Å². The predicted octanol–water partition coefficient (Wildman–Crippen LogP) is 2.88. The minimum atomic E-state index is 0.114. The zero-order valence-corrected chi connectivity index (χ0v) is 11.3. The zero-order valence-electron chi connectivity index (χ0n) is 9.74. The summed E-state index contributed by atoms with van der Waals surface area (Å²) in [5.41, 5.74) is 8.47. The van der Waals surface area contributed by atoms with Crippen LogP contribution < -0.4 is 10.6 Å². The van der Waals surface area contributed by atoms with Gasteiger partial charge in [-0.3, -0.25) is 4.79 Å². The molecule has 90 valence electrons. The van der Waals surface area contributed by atoms with E-state index in [4.69, 9.17) is 5.73 Å². The van der Waals surface area contributed by atoms with Crippen LogP contribution in [-0.2, 0) is 4.79 Å². The summed E-state index contributed by atoms with van der Waals surface area (Å²) in [5.74, 6) is 0.342. The fourth-order valence-electron chi connectivity index (χ4n) is 2.04. The van der Waals surface area contributed by atoms with Crippen LogP contribution in [0.5, 0.6) is 0 Å². The summed E-state index contributed by atoms with van der Waals surface area (Å²) in [6.45, 7) is 6.40. The Morgan fingerprint density at radius 3 is 2.88 bits per heavy atom. The lowest BCUT2D eigenvalue weighted by Crippen LogP contribution is -2.25. The van der Waals surface area contributed by atoms with Gasteiger partial charge in [0.2, 0.25) is 5.91 Å². The molecule has 1 aliphatic heterocycles. The molecule has 0 spiro atoms. The highest BCUT2D eigenvalue weighted by Crippen LogP contribution is 2.33. The predicted molar refractivity (Wildman–Crippen MR) is 73.9 cm³/mol. The number of aryl methyl sites for hydroxylation is 1. The molecule has 1 atom stereocenters. The fourth-order valence-corrected chi connectivity index (χ4v) is 2.40. The van der Waals surface area contributed by atoms with E-state index >= 15 is 0 Å². The second-order valence-electron chi connectivity index (χ2n) is 4.36. The van der Waals surface area contributed by atoms with Gasteiger partial charge in [-0.25, -0.2) is 0 Å². The zero-order chi connectivity index (χ0) is 12.6. The van der Waals surface area contributed by atoms with E-state index in [1.54, 1.807) is 4.90 Å². The van der Waals surface area contributed by atoms with E-state index in [0.29, 0.717) is 18.7 Å². The van der Waals surface area contributed by atoms with E-state index in [2.05, 4.69) is 22.5 Å². The van der Waals surface area contributed by atoms with Crippen LogP contribution in [0.1, 0.15) is 12.0 Å². The second kappa shape index (κ2) is 4.53. The van der Waals surface area contributed by atoms with Gasteiger partial charge in [0, 0.05) is 23.4 Å². The maximum Gasteiger partial charge on any atom is 0.227 e. The lowest BCUT2D eigenvalue weighted by atomic mass is 10.1. The molecule has 1 amide bonds. The summed E-state index contributed by atoms with van der Waals surface area (Å²) in [5, 5.41) is 0. The van der Waals surface area contributed by atoms with Gasteiger partial charge in [-0.1, -0.05) is 22.0 Å². The highest BCUT2D eigenvalue weighted by atomic mass is 79.9. The van der Waals surface area contributed by atoms with E-state index in [-0.39, 0.29) is 11.8 Å². The lowest BCUT2D eigenvalue weighted by Gasteiger charge is -2.19. The molecule has 2 rings (SSSR count). The van der Waals surface area contributed by atoms with Crippen LogP contribution in [0.25, 0.3) is 0 Å². The summed E-state index contributed by atoms with van der Waals surface area (Å²) in [6.07, 6.45) is 2.36. The number of benzene rings is 1. The fraction of sp³-hybridized carbons (Fsp3) is 0.308. The van der Waals surface area contributed by atoms with E-state index in [1.807, 2.05) is 25.1 Å². The molecule has 1 unspecified atom stereocenters. The van der Waals surface area contributed by atoms with Crippen LogP contribution >= 0.6 is 15.9 Å². The molecular formula is C13H15BrN2O. The van der Waals surface area contributed by atoms with Crippen LogP contribution in [0.4, 0.5) is 11.4 Å². The van der Waals surface area contributed by atoms with Crippen molar-refractivity contribution >= 4 is 33.2 Å². The number of rotatable bonds is 2. The van der Waals surface area contributed by atoms with Gasteiger partial charge < -0.3 is 10.6 Å². The van der Waals surface area contributed by atoms with Gasteiger partial charge in [-0.05, 0) is 24.6 Å². The van der Waals surface area contributed by atoms with E-state index in [0.717, 1.165) is 15.7 Å². The summed E-state index contributed by atoms with van der Waals surface area (Å²) in [6, 6.07) is 3.79. The molecule has 3 nitrogen and oxygen atoms in total. The molecule has 0 aliphatic carbocycles. The molecule has 0 aromatic heterocycles. The van der Waals surface area contributed by atoms with Crippen molar-refractivity contribution in [2.45, 2.75) is 13.3 Å². The average Bonchev–Trinajstić information content (AvgIpc) is 2.65. The SMILES string of the molecule is C=CC1CC(=O)N(c2cc(C)c(Br)cc2N)C1. The molecule has 4 heteroatoms. The molecule has 0 saturated carbocycles. The minimum Gasteiger partial charge on any atom is -0.397 e. The largest absolute Gasteiger partial charge is 0.397 e. The van der Waals surface area contributed by atoms with E-state index in [1.165, 1.54) is 0 Å². The van der Waals surface area contributed by atoms with Crippen molar-refractivity contribution in [2.24, 2.45) is 5.92 Å². The van der Waals surface area contributed by atoms with Gasteiger partial charge in [-0.2, -0.15) is 0 Å². The van der Waals surface area contributed by atoms with Crippen LogP contribution in [-0.4, -0.2) is 12.5 Å². The van der Waals surface area contributed by atoms with Crippen molar-refractivity contribution in [1.82, 2.24) is 0 Å². The van der Waals surface area contributed by atoms with Crippen LogP contribution in [0, 0.1) is 12.8 Å². The average molecular weight is 295 g/mol. The van der Waals surface area contributed by atoms with Crippen molar-refractivity contribution in [3.63, 3.8) is 0 Å². The lowest BCUT2D eigenvalue weighted by molar-refractivity contribution is -0.117. The highest BCUT2D eigenvalue weighted by molar-refractivity contribution is 9.10. The quantitative estimate of drug-likeness (QED) is 0.673. The number of hydrogen-bond acceptors (Lipinski definition) is 2. The molecule has 1 fully saturated rings. The molecule has 1 aromatic carbocycles. The number of nitrogen functional groups attached to an aromatic ring is 1. The minimum absolute atomic E-state index is 0.114. The molecule has 1 aliphatic rings. The molecule has 0 bridgehead atoms. The molecule has 17 heavy (non-hydrogen) atoms. The topological polar surface area (TPSA) is 46.3 Å². The Balaban J connectivity index is 2.38. The number of carbonyl (C=O) groups is 1. The Kier molecular flexibility index (Phi) is 3.24. The maximum atomic E-state index is 11.9. The van der Waals surface area contributed by atoms with Crippen molar-refractivity contribution in [3.05, 3.63) is 34.8 Å². The molecular weight excluding hydrogens is 280 g/mol. The first-order valence-electron chi connectivity index (χ1n) is 5.51. The smallest absolute Gasteiger partial charge is 0.227 e. The van der Waals surface area contributed by atoms with Gasteiger partial charge in [0.15, 0.2) is 0 Å². The molecule has 1 saturated heterocycles. The summed E-state index contributed by atoms with van der Waals surface area (Å²) in [4.78, 5) is 13.7. The third-order valence-electron chi connectivity index (χ3n) is 3.09. The van der Waals surface area contributed by atoms with Crippen molar-refractivity contribution in [3.8, 4) is 0 Å². The summed E-state index contributed by atoms with van der Waals surface area (Å²) in [7, 11) is 0. The number of amides is 1. The normalized spacial score (nSPS) is 19.8.